The number of para-hydroxylation sites is 1. The van der Waals surface area contributed by atoms with Crippen molar-refractivity contribution in [3.8, 4) is 0 Å². The number of carbonyl (C=O) groups excluding carboxylic acids is 1. The monoisotopic (exact) mass is 334 g/mol. The zero-order valence-electron chi connectivity index (χ0n) is 11.9. The summed E-state index contributed by atoms with van der Waals surface area (Å²) in [6, 6.07) is 14.4. The number of hydrogen-bond acceptors (Lipinski definition) is 3. The molecule has 2 N–H and O–H groups in total. The van der Waals surface area contributed by atoms with Crippen LogP contribution in [0.4, 0.5) is 11.4 Å². The summed E-state index contributed by atoms with van der Waals surface area (Å²) in [4.78, 5) is 11.6. The van der Waals surface area contributed by atoms with Gasteiger partial charge in [-0.3, -0.25) is 0 Å². The van der Waals surface area contributed by atoms with Crippen molar-refractivity contribution in [1.29, 1.82) is 0 Å². The molecule has 114 valence electrons. The van der Waals surface area contributed by atoms with Crippen molar-refractivity contribution < 1.29 is 9.53 Å². The number of thiocarbonyl (C=S) groups is 1. The SMILES string of the molecule is CCOC(=O)c1ccc(NC(=S)Nc2ccccc2)c(Cl)c1. The normalized spacial score (nSPS) is 9.91. The summed E-state index contributed by atoms with van der Waals surface area (Å²) in [5, 5.41) is 6.84. The highest BCUT2D eigenvalue weighted by molar-refractivity contribution is 7.80. The fraction of sp³-hybridized carbons (Fsp3) is 0.125. The quantitative estimate of drug-likeness (QED) is 0.644. The predicted octanol–water partition coefficient (Wildman–Crippen LogP) is 4.33. The first-order chi connectivity index (χ1) is 10.6. The van der Waals surface area contributed by atoms with E-state index in [0.717, 1.165) is 5.69 Å². The predicted molar refractivity (Wildman–Crippen MR) is 93.7 cm³/mol. The Bertz CT molecular complexity index is 677. The molecule has 0 bridgehead atoms. The molecule has 0 aliphatic heterocycles. The van der Waals surface area contributed by atoms with E-state index in [1.807, 2.05) is 30.3 Å². The molecule has 2 aromatic carbocycles. The minimum atomic E-state index is -0.402. The molecule has 0 saturated carbocycles. The van der Waals surface area contributed by atoms with Gasteiger partial charge in [-0.05, 0) is 49.5 Å². The topological polar surface area (TPSA) is 50.4 Å². The Balaban J connectivity index is 2.04. The Morgan fingerprint density at radius 1 is 1.18 bits per heavy atom. The molecule has 0 radical (unpaired) electrons. The molecule has 2 aromatic rings. The number of carbonyl (C=O) groups is 1. The number of anilines is 2. The van der Waals surface area contributed by atoms with Crippen molar-refractivity contribution >= 4 is 46.3 Å². The lowest BCUT2D eigenvalue weighted by Gasteiger charge is -2.12. The summed E-state index contributed by atoms with van der Waals surface area (Å²) in [5.74, 6) is -0.402. The molecule has 0 amide bonds. The lowest BCUT2D eigenvalue weighted by molar-refractivity contribution is 0.0526. The van der Waals surface area contributed by atoms with Crippen LogP contribution in [0.1, 0.15) is 17.3 Å². The van der Waals surface area contributed by atoms with Gasteiger partial charge in [0.1, 0.15) is 0 Å². The van der Waals surface area contributed by atoms with Crippen molar-refractivity contribution in [2.75, 3.05) is 17.2 Å². The molecule has 0 aliphatic carbocycles. The molecule has 0 saturated heterocycles. The highest BCUT2D eigenvalue weighted by Crippen LogP contribution is 2.23. The van der Waals surface area contributed by atoms with Gasteiger partial charge in [0.15, 0.2) is 5.11 Å². The molecule has 0 aromatic heterocycles. The van der Waals surface area contributed by atoms with Gasteiger partial charge in [-0.1, -0.05) is 29.8 Å². The van der Waals surface area contributed by atoms with Gasteiger partial charge in [-0.2, -0.15) is 0 Å². The van der Waals surface area contributed by atoms with Crippen LogP contribution in [0.15, 0.2) is 48.5 Å². The molecule has 0 fully saturated rings. The van der Waals surface area contributed by atoms with E-state index in [0.29, 0.717) is 28.0 Å². The zero-order chi connectivity index (χ0) is 15.9. The van der Waals surface area contributed by atoms with Crippen LogP contribution >= 0.6 is 23.8 Å². The largest absolute Gasteiger partial charge is 0.462 e. The molecule has 2 rings (SSSR count). The van der Waals surface area contributed by atoms with Crippen LogP contribution in [0, 0.1) is 0 Å². The smallest absolute Gasteiger partial charge is 0.338 e. The summed E-state index contributed by atoms with van der Waals surface area (Å²) in [6.07, 6.45) is 0. The third kappa shape index (κ3) is 4.44. The molecule has 0 aliphatic rings. The molecular weight excluding hydrogens is 320 g/mol. The third-order valence-corrected chi connectivity index (χ3v) is 3.28. The van der Waals surface area contributed by atoms with Gasteiger partial charge in [0, 0.05) is 5.69 Å². The van der Waals surface area contributed by atoms with Gasteiger partial charge in [-0.15, -0.1) is 0 Å². The van der Waals surface area contributed by atoms with E-state index < -0.39 is 5.97 Å². The van der Waals surface area contributed by atoms with Crippen LogP contribution < -0.4 is 10.6 Å². The first-order valence-corrected chi connectivity index (χ1v) is 7.48. The Morgan fingerprint density at radius 3 is 2.55 bits per heavy atom. The van der Waals surface area contributed by atoms with Gasteiger partial charge < -0.3 is 15.4 Å². The lowest BCUT2D eigenvalue weighted by Crippen LogP contribution is -2.19. The molecule has 0 unspecified atom stereocenters. The molecule has 0 atom stereocenters. The number of benzene rings is 2. The van der Waals surface area contributed by atoms with E-state index in [1.165, 1.54) is 0 Å². The first kappa shape index (κ1) is 16.3. The van der Waals surface area contributed by atoms with Crippen molar-refractivity contribution in [3.63, 3.8) is 0 Å². The number of ether oxygens (including phenoxy) is 1. The van der Waals surface area contributed by atoms with Crippen LogP contribution in [-0.2, 0) is 4.74 Å². The second-order valence-corrected chi connectivity index (χ2v) is 5.18. The fourth-order valence-corrected chi connectivity index (χ4v) is 2.22. The van der Waals surface area contributed by atoms with Crippen LogP contribution in [0.25, 0.3) is 0 Å². The number of halogens is 1. The van der Waals surface area contributed by atoms with Gasteiger partial charge in [-0.25, -0.2) is 4.79 Å². The zero-order valence-corrected chi connectivity index (χ0v) is 13.5. The van der Waals surface area contributed by atoms with E-state index in [9.17, 15) is 4.79 Å². The average molecular weight is 335 g/mol. The first-order valence-electron chi connectivity index (χ1n) is 6.70. The molecule has 0 heterocycles. The van der Waals surface area contributed by atoms with E-state index in [4.69, 9.17) is 28.6 Å². The molecule has 22 heavy (non-hydrogen) atoms. The number of rotatable bonds is 4. The molecule has 0 spiro atoms. The summed E-state index contributed by atoms with van der Waals surface area (Å²) >= 11 is 11.4. The Kier molecular flexibility index (Phi) is 5.75. The van der Waals surface area contributed by atoms with E-state index in [-0.39, 0.29) is 0 Å². The Labute approximate surface area is 139 Å². The summed E-state index contributed by atoms with van der Waals surface area (Å²) in [7, 11) is 0. The maximum absolute atomic E-state index is 11.6. The molecule has 4 nitrogen and oxygen atoms in total. The minimum Gasteiger partial charge on any atom is -0.462 e. The highest BCUT2D eigenvalue weighted by Gasteiger charge is 2.10. The fourth-order valence-electron chi connectivity index (χ4n) is 1.76. The van der Waals surface area contributed by atoms with Crippen molar-refractivity contribution in [1.82, 2.24) is 0 Å². The van der Waals surface area contributed by atoms with Gasteiger partial charge >= 0.3 is 5.97 Å². The van der Waals surface area contributed by atoms with Gasteiger partial charge in [0.2, 0.25) is 0 Å². The van der Waals surface area contributed by atoms with Gasteiger partial charge in [0.25, 0.3) is 0 Å². The number of esters is 1. The Morgan fingerprint density at radius 2 is 1.91 bits per heavy atom. The van der Waals surface area contributed by atoms with Crippen molar-refractivity contribution in [3.05, 3.63) is 59.1 Å². The third-order valence-electron chi connectivity index (χ3n) is 2.76. The average Bonchev–Trinajstić information content (AvgIpc) is 2.50. The van der Waals surface area contributed by atoms with Crippen LogP contribution in [0.5, 0.6) is 0 Å². The van der Waals surface area contributed by atoms with Crippen LogP contribution in [0.3, 0.4) is 0 Å². The standard InChI is InChI=1S/C16H15ClN2O2S/c1-2-21-15(20)11-8-9-14(13(17)10-11)19-16(22)18-12-6-4-3-5-7-12/h3-10H,2H2,1H3,(H2,18,19,22). The second kappa shape index (κ2) is 7.77. The molecular formula is C16H15ClN2O2S. The van der Waals surface area contributed by atoms with Crippen LogP contribution in [-0.4, -0.2) is 17.7 Å². The van der Waals surface area contributed by atoms with Crippen molar-refractivity contribution in [2.24, 2.45) is 0 Å². The van der Waals surface area contributed by atoms with E-state index in [1.54, 1.807) is 25.1 Å². The summed E-state index contributed by atoms with van der Waals surface area (Å²) < 4.78 is 4.93. The Hall–Kier alpha value is -2.11. The highest BCUT2D eigenvalue weighted by atomic mass is 35.5. The minimum absolute atomic E-state index is 0.321. The summed E-state index contributed by atoms with van der Waals surface area (Å²) in [5.41, 5.74) is 1.89. The van der Waals surface area contributed by atoms with E-state index >= 15 is 0 Å². The van der Waals surface area contributed by atoms with Gasteiger partial charge in [0.05, 0.1) is 22.9 Å². The molecule has 6 heteroatoms. The maximum atomic E-state index is 11.6. The van der Waals surface area contributed by atoms with E-state index in [2.05, 4.69) is 10.6 Å². The number of nitrogens with one attached hydrogen (secondary N) is 2. The lowest BCUT2D eigenvalue weighted by atomic mass is 10.2. The number of hydrogen-bond donors (Lipinski definition) is 2. The second-order valence-electron chi connectivity index (χ2n) is 4.36. The summed E-state index contributed by atoms with van der Waals surface area (Å²) in [6.45, 7) is 2.07. The van der Waals surface area contributed by atoms with Crippen molar-refractivity contribution in [2.45, 2.75) is 6.92 Å². The maximum Gasteiger partial charge on any atom is 0.338 e. The van der Waals surface area contributed by atoms with Crippen LogP contribution in [0.2, 0.25) is 5.02 Å².